The van der Waals surface area contributed by atoms with E-state index in [4.69, 9.17) is 0 Å². The van der Waals surface area contributed by atoms with Crippen LogP contribution in [0, 0.1) is 11.8 Å². The van der Waals surface area contributed by atoms with E-state index < -0.39 is 0 Å². The second kappa shape index (κ2) is 9.85. The van der Waals surface area contributed by atoms with Gasteiger partial charge in [0.2, 0.25) is 5.91 Å². The van der Waals surface area contributed by atoms with Gasteiger partial charge in [0.05, 0.1) is 6.33 Å². The molecule has 0 aromatic carbocycles. The second-order valence-electron chi connectivity index (χ2n) is 7.11. The quantitative estimate of drug-likeness (QED) is 0.697. The molecule has 0 radical (unpaired) electrons. The van der Waals surface area contributed by atoms with Crippen LogP contribution in [0.1, 0.15) is 42.5 Å². The first kappa shape index (κ1) is 19.1. The molecule has 1 fully saturated rings. The molecule has 0 bridgehead atoms. The molecule has 2 heterocycles. The number of nitrogens with one attached hydrogen (secondary N) is 2. The number of aryl methyl sites for hydroxylation is 1. The van der Waals surface area contributed by atoms with E-state index in [9.17, 15) is 9.59 Å². The van der Waals surface area contributed by atoms with Gasteiger partial charge >= 0.3 is 0 Å². The van der Waals surface area contributed by atoms with E-state index in [1.54, 1.807) is 37.1 Å². The monoisotopic (exact) mass is 369 g/mol. The van der Waals surface area contributed by atoms with Crippen molar-refractivity contribution >= 4 is 11.8 Å². The summed E-state index contributed by atoms with van der Waals surface area (Å²) in [5.41, 5.74) is 0.633. The predicted molar refractivity (Wildman–Crippen MR) is 102 cm³/mol. The Kier molecular flexibility index (Phi) is 6.96. The topological polar surface area (TPSA) is 88.9 Å². The van der Waals surface area contributed by atoms with Gasteiger partial charge in [0.25, 0.3) is 5.91 Å². The van der Waals surface area contributed by atoms with Crippen molar-refractivity contribution in [2.45, 2.75) is 38.6 Å². The van der Waals surface area contributed by atoms with Crippen molar-refractivity contribution in [3.8, 4) is 0 Å². The SMILES string of the molecule is O=C(NCC1CCC(C(=O)NCCCn2ccnc2)CC1)c1ccncc1. The van der Waals surface area contributed by atoms with Crippen LogP contribution < -0.4 is 10.6 Å². The van der Waals surface area contributed by atoms with Gasteiger partial charge in [-0.1, -0.05) is 0 Å². The summed E-state index contributed by atoms with van der Waals surface area (Å²) in [6.07, 6.45) is 13.4. The lowest BCUT2D eigenvalue weighted by molar-refractivity contribution is -0.126. The van der Waals surface area contributed by atoms with Crippen molar-refractivity contribution in [1.29, 1.82) is 0 Å². The Morgan fingerprint density at radius 1 is 1.04 bits per heavy atom. The van der Waals surface area contributed by atoms with Crippen LogP contribution >= 0.6 is 0 Å². The number of carbonyl (C=O) groups is 2. The third-order valence-electron chi connectivity index (χ3n) is 5.16. The lowest BCUT2D eigenvalue weighted by atomic mass is 9.81. The molecule has 0 atom stereocenters. The molecular formula is C20H27N5O2. The van der Waals surface area contributed by atoms with Gasteiger partial charge in [-0.2, -0.15) is 0 Å². The van der Waals surface area contributed by atoms with Crippen LogP contribution in [0.4, 0.5) is 0 Å². The smallest absolute Gasteiger partial charge is 0.251 e. The molecule has 1 aliphatic rings. The highest BCUT2D eigenvalue weighted by Gasteiger charge is 2.26. The normalized spacial score (nSPS) is 19.4. The Balaban J connectivity index is 1.30. The number of pyridine rings is 1. The third kappa shape index (κ3) is 5.91. The minimum Gasteiger partial charge on any atom is -0.356 e. The van der Waals surface area contributed by atoms with E-state index in [1.807, 2.05) is 10.8 Å². The Labute approximate surface area is 159 Å². The number of imidazole rings is 1. The molecule has 1 saturated carbocycles. The second-order valence-corrected chi connectivity index (χ2v) is 7.11. The molecule has 2 aromatic rings. The number of aromatic nitrogens is 3. The summed E-state index contributed by atoms with van der Waals surface area (Å²) in [4.78, 5) is 32.3. The summed E-state index contributed by atoms with van der Waals surface area (Å²) in [6, 6.07) is 3.42. The van der Waals surface area contributed by atoms with Gasteiger partial charge in [0, 0.05) is 55.9 Å². The highest BCUT2D eigenvalue weighted by Crippen LogP contribution is 2.28. The van der Waals surface area contributed by atoms with Crippen molar-refractivity contribution in [2.75, 3.05) is 13.1 Å². The Hall–Kier alpha value is -2.70. The van der Waals surface area contributed by atoms with Crippen LogP contribution in [0.5, 0.6) is 0 Å². The maximum atomic E-state index is 12.3. The summed E-state index contributed by atoms with van der Waals surface area (Å²) in [5.74, 6) is 0.654. The molecular weight excluding hydrogens is 342 g/mol. The van der Waals surface area contributed by atoms with E-state index in [2.05, 4.69) is 20.6 Å². The Morgan fingerprint density at radius 2 is 1.81 bits per heavy atom. The van der Waals surface area contributed by atoms with E-state index in [-0.39, 0.29) is 17.7 Å². The summed E-state index contributed by atoms with van der Waals surface area (Å²) in [6.45, 7) is 2.23. The maximum Gasteiger partial charge on any atom is 0.251 e. The minimum atomic E-state index is -0.0600. The van der Waals surface area contributed by atoms with Gasteiger partial charge in [0.1, 0.15) is 0 Å². The molecule has 0 unspecified atom stereocenters. The van der Waals surface area contributed by atoms with Gasteiger partial charge in [-0.15, -0.1) is 0 Å². The first-order valence-corrected chi connectivity index (χ1v) is 9.64. The zero-order chi connectivity index (χ0) is 18.9. The summed E-state index contributed by atoms with van der Waals surface area (Å²) in [5, 5.41) is 6.05. The predicted octanol–water partition coefficient (Wildman–Crippen LogP) is 2.02. The summed E-state index contributed by atoms with van der Waals surface area (Å²) in [7, 11) is 0. The Bertz CT molecular complexity index is 709. The molecule has 2 amide bonds. The Morgan fingerprint density at radius 3 is 2.52 bits per heavy atom. The van der Waals surface area contributed by atoms with Gasteiger partial charge in [-0.05, 0) is 50.2 Å². The number of hydrogen-bond acceptors (Lipinski definition) is 4. The molecule has 3 rings (SSSR count). The van der Waals surface area contributed by atoms with Crippen LogP contribution in [0.15, 0.2) is 43.2 Å². The molecule has 0 saturated heterocycles. The first-order chi connectivity index (χ1) is 13.2. The third-order valence-corrected chi connectivity index (χ3v) is 5.16. The van der Waals surface area contributed by atoms with E-state index in [1.165, 1.54) is 0 Å². The summed E-state index contributed by atoms with van der Waals surface area (Å²) < 4.78 is 2.01. The standard InChI is InChI=1S/C20H27N5O2/c26-19(23-8-1-12-25-13-11-22-15-25)17-4-2-16(3-5-17)14-24-20(27)18-6-9-21-10-7-18/h6-7,9-11,13,15-17H,1-5,8,12,14H2,(H,23,26)(H,24,27). The average molecular weight is 369 g/mol. The number of rotatable bonds is 8. The number of nitrogens with zero attached hydrogens (tertiary/aromatic N) is 3. The van der Waals surface area contributed by atoms with Crippen molar-refractivity contribution < 1.29 is 9.59 Å². The molecule has 7 nitrogen and oxygen atoms in total. The number of hydrogen-bond donors (Lipinski definition) is 2. The fraction of sp³-hybridized carbons (Fsp3) is 0.500. The van der Waals surface area contributed by atoms with E-state index in [0.717, 1.165) is 38.6 Å². The highest BCUT2D eigenvalue weighted by atomic mass is 16.2. The van der Waals surface area contributed by atoms with Gasteiger partial charge in [-0.3, -0.25) is 14.6 Å². The molecule has 1 aliphatic carbocycles. The number of carbonyl (C=O) groups excluding carboxylic acids is 2. The van der Waals surface area contributed by atoms with E-state index in [0.29, 0.717) is 24.6 Å². The van der Waals surface area contributed by atoms with E-state index >= 15 is 0 Å². The van der Waals surface area contributed by atoms with Crippen LogP contribution in [-0.4, -0.2) is 39.4 Å². The van der Waals surface area contributed by atoms with Crippen molar-refractivity contribution in [3.63, 3.8) is 0 Å². The van der Waals surface area contributed by atoms with Crippen molar-refractivity contribution in [2.24, 2.45) is 11.8 Å². The average Bonchev–Trinajstić information content (AvgIpc) is 3.24. The first-order valence-electron chi connectivity index (χ1n) is 9.64. The van der Waals surface area contributed by atoms with Crippen LogP contribution in [0.3, 0.4) is 0 Å². The van der Waals surface area contributed by atoms with Crippen LogP contribution in [0.2, 0.25) is 0 Å². The zero-order valence-electron chi connectivity index (χ0n) is 15.5. The highest BCUT2D eigenvalue weighted by molar-refractivity contribution is 5.93. The largest absolute Gasteiger partial charge is 0.356 e. The fourth-order valence-corrected chi connectivity index (χ4v) is 3.51. The lowest BCUT2D eigenvalue weighted by Gasteiger charge is -2.28. The minimum absolute atomic E-state index is 0.0600. The maximum absolute atomic E-state index is 12.3. The molecule has 2 N–H and O–H groups in total. The molecule has 27 heavy (non-hydrogen) atoms. The fourth-order valence-electron chi connectivity index (χ4n) is 3.51. The van der Waals surface area contributed by atoms with Gasteiger partial charge < -0.3 is 15.2 Å². The van der Waals surface area contributed by atoms with Gasteiger partial charge in [-0.25, -0.2) is 4.98 Å². The lowest BCUT2D eigenvalue weighted by Crippen LogP contribution is -2.36. The van der Waals surface area contributed by atoms with Crippen LogP contribution in [0.25, 0.3) is 0 Å². The molecule has 2 aromatic heterocycles. The van der Waals surface area contributed by atoms with Crippen LogP contribution in [-0.2, 0) is 11.3 Å². The number of amides is 2. The van der Waals surface area contributed by atoms with Gasteiger partial charge in [0.15, 0.2) is 0 Å². The summed E-state index contributed by atoms with van der Waals surface area (Å²) >= 11 is 0. The molecule has 0 aliphatic heterocycles. The zero-order valence-corrected chi connectivity index (χ0v) is 15.5. The van der Waals surface area contributed by atoms with Crippen molar-refractivity contribution in [3.05, 3.63) is 48.8 Å². The molecule has 7 heteroatoms. The molecule has 144 valence electrons. The van der Waals surface area contributed by atoms with Crippen molar-refractivity contribution in [1.82, 2.24) is 25.2 Å². The molecule has 0 spiro atoms.